The molecule has 0 saturated carbocycles. The lowest BCUT2D eigenvalue weighted by atomic mass is 10.1. The maximum Gasteiger partial charge on any atom is 0.472 e. The number of allylic oxidation sites excluding steroid dienone is 22. The number of aliphatic hydroxyl groups is 1. The Morgan fingerprint density at radius 1 is 0.290 bits per heavy atom. The van der Waals surface area contributed by atoms with E-state index in [2.05, 4.69) is 149 Å². The van der Waals surface area contributed by atoms with E-state index < -0.39 is 97.5 Å². The number of aliphatic hydroxyl groups excluding tert-OH is 1. The van der Waals surface area contributed by atoms with Gasteiger partial charge in [0.05, 0.1) is 26.4 Å². The van der Waals surface area contributed by atoms with E-state index in [9.17, 15) is 43.2 Å². The molecule has 5 unspecified atom stereocenters. The Morgan fingerprint density at radius 3 is 0.880 bits per heavy atom. The Balaban J connectivity index is 5.37. The van der Waals surface area contributed by atoms with Crippen LogP contribution in [0.5, 0.6) is 0 Å². The molecule has 0 aliphatic rings. The third kappa shape index (κ3) is 71.6. The van der Waals surface area contributed by atoms with Crippen LogP contribution in [0.15, 0.2) is 134 Å². The van der Waals surface area contributed by atoms with Crippen LogP contribution in [0.1, 0.15) is 297 Å². The van der Waals surface area contributed by atoms with Crippen molar-refractivity contribution >= 4 is 39.5 Å². The van der Waals surface area contributed by atoms with E-state index in [1.165, 1.54) is 38.5 Å². The number of rotatable bonds is 71. The van der Waals surface area contributed by atoms with Crippen molar-refractivity contribution in [3.05, 3.63) is 134 Å². The van der Waals surface area contributed by atoms with E-state index in [0.717, 1.165) is 173 Å². The van der Waals surface area contributed by atoms with Gasteiger partial charge in [0.15, 0.2) is 12.2 Å². The van der Waals surface area contributed by atoms with Crippen molar-refractivity contribution < 1.29 is 80.2 Å². The Labute approximate surface area is 605 Å². The van der Waals surface area contributed by atoms with Gasteiger partial charge in [-0.2, -0.15) is 0 Å². The van der Waals surface area contributed by atoms with Gasteiger partial charge in [-0.1, -0.05) is 277 Å². The van der Waals surface area contributed by atoms with Crippen molar-refractivity contribution in [3.8, 4) is 0 Å². The van der Waals surface area contributed by atoms with E-state index in [-0.39, 0.29) is 25.7 Å². The predicted molar refractivity (Wildman–Crippen MR) is 408 cm³/mol. The molecule has 0 radical (unpaired) electrons. The summed E-state index contributed by atoms with van der Waals surface area (Å²) in [7, 11) is -9.97. The summed E-state index contributed by atoms with van der Waals surface area (Å²) in [6, 6.07) is 0. The third-order valence-electron chi connectivity index (χ3n) is 15.6. The standard InChI is InChI=1S/C81H136O17P2/c1-5-9-13-17-21-25-29-32-34-36-37-39-41-44-47-50-54-58-62-66-78(83)91-71-76(97-80(85)67-63-59-55-51-45-28-24-20-16-12-8-4)73-95-99(87,88)93-69-75(82)70-94-100(89,90)96-74-77(98-81(86)68-64-60-56-52-48-42-31-27-23-19-15-11-7-3)72-92-79(84)65-61-57-53-49-46-43-40-38-35-33-30-26-22-18-14-10-6-2/h9-10,13-15,19,21-22,25-27,31-35,37,39-40,43,49,53,75-77,82H,5-8,11-12,16-18,20,23-24,28-30,36,38,41-42,44-48,50-52,54-74H2,1-4H3,(H,87,88)(H,89,90)/b13-9-,14-10-,19-15-,25-21-,26-22-,31-27-,34-32-,35-33-,39-37-,43-40-,53-49-. The minimum atomic E-state index is -4.99. The zero-order chi connectivity index (χ0) is 73.2. The molecule has 0 amide bonds. The molecule has 0 bridgehead atoms. The number of unbranched alkanes of at least 4 members (excludes halogenated alkanes) is 23. The number of ether oxygens (including phenoxy) is 4. The molecule has 0 aliphatic heterocycles. The lowest BCUT2D eigenvalue weighted by molar-refractivity contribution is -0.161. The maximum atomic E-state index is 13.1. The molecule has 0 rings (SSSR count). The highest BCUT2D eigenvalue weighted by molar-refractivity contribution is 7.47. The zero-order valence-corrected chi connectivity index (χ0v) is 64.1. The van der Waals surface area contributed by atoms with Gasteiger partial charge < -0.3 is 33.8 Å². The second-order valence-corrected chi connectivity index (χ2v) is 28.1. The summed E-state index contributed by atoms with van der Waals surface area (Å²) >= 11 is 0. The second kappa shape index (κ2) is 72.5. The van der Waals surface area contributed by atoms with Crippen LogP contribution in [-0.2, 0) is 65.4 Å². The molecule has 5 atom stereocenters. The largest absolute Gasteiger partial charge is 0.472 e. The summed E-state index contributed by atoms with van der Waals surface area (Å²) in [5.41, 5.74) is 0. The topological polar surface area (TPSA) is 237 Å². The summed E-state index contributed by atoms with van der Waals surface area (Å²) < 4.78 is 68.4. The monoisotopic (exact) mass is 1440 g/mol. The van der Waals surface area contributed by atoms with E-state index in [4.69, 9.17) is 37.0 Å². The first-order valence-corrected chi connectivity index (χ1v) is 41.4. The molecule has 100 heavy (non-hydrogen) atoms. The first-order chi connectivity index (χ1) is 48.7. The van der Waals surface area contributed by atoms with Crippen molar-refractivity contribution in [3.63, 3.8) is 0 Å². The van der Waals surface area contributed by atoms with Gasteiger partial charge in [-0.3, -0.25) is 37.3 Å². The van der Waals surface area contributed by atoms with Gasteiger partial charge in [0, 0.05) is 25.7 Å². The minimum Gasteiger partial charge on any atom is -0.462 e. The Morgan fingerprint density at radius 2 is 0.550 bits per heavy atom. The van der Waals surface area contributed by atoms with Crippen LogP contribution in [0.25, 0.3) is 0 Å². The number of hydrogen-bond acceptors (Lipinski definition) is 15. The average Bonchev–Trinajstić information content (AvgIpc) is 0.939. The molecule has 572 valence electrons. The summed E-state index contributed by atoms with van der Waals surface area (Å²) in [6.07, 6.45) is 80.2. The third-order valence-corrected chi connectivity index (χ3v) is 17.5. The number of hydrogen-bond donors (Lipinski definition) is 3. The quantitative estimate of drug-likeness (QED) is 0.0169. The van der Waals surface area contributed by atoms with Gasteiger partial charge in [-0.15, -0.1) is 0 Å². The summed E-state index contributed by atoms with van der Waals surface area (Å²) in [5, 5.41) is 10.6. The lowest BCUT2D eigenvalue weighted by Crippen LogP contribution is -2.30. The van der Waals surface area contributed by atoms with Crippen LogP contribution >= 0.6 is 15.6 Å². The van der Waals surface area contributed by atoms with Crippen LogP contribution in [-0.4, -0.2) is 96.7 Å². The second-order valence-electron chi connectivity index (χ2n) is 25.2. The number of carbonyl (C=O) groups excluding carboxylic acids is 4. The molecule has 0 aliphatic carbocycles. The van der Waals surface area contributed by atoms with Gasteiger partial charge in [0.2, 0.25) is 0 Å². The minimum absolute atomic E-state index is 0.0637. The molecular formula is C81H136O17P2. The van der Waals surface area contributed by atoms with Gasteiger partial charge in [0.25, 0.3) is 0 Å². The molecule has 0 heterocycles. The normalized spacial score (nSPS) is 14.7. The van der Waals surface area contributed by atoms with Crippen LogP contribution in [0.4, 0.5) is 0 Å². The first-order valence-electron chi connectivity index (χ1n) is 38.4. The zero-order valence-electron chi connectivity index (χ0n) is 62.3. The number of phosphoric ester groups is 2. The number of esters is 4. The number of carbonyl (C=O) groups is 4. The molecule has 0 saturated heterocycles. The SMILES string of the molecule is CC/C=C\C/C=C\C/C=C\C/C=C\C/C=C\CCCC(=O)OCC(COP(=O)(O)OCC(O)COP(=O)(O)OCC(COC(=O)CCCCCCCC/C=C\C/C=C\C/C=C\C/C=C\CC)OC(=O)CCCCCCCCCCCCC)OC(=O)CCCCCCC/C=C\C/C=C\CCC. The predicted octanol–water partition coefficient (Wildman–Crippen LogP) is 22.1. The molecule has 0 aromatic carbocycles. The summed E-state index contributed by atoms with van der Waals surface area (Å²) in [6.45, 7) is 4.47. The molecule has 0 aromatic heterocycles. The van der Waals surface area contributed by atoms with Crippen LogP contribution in [0, 0.1) is 0 Å². The van der Waals surface area contributed by atoms with Crippen molar-refractivity contribution in [2.24, 2.45) is 0 Å². The fourth-order valence-corrected chi connectivity index (χ4v) is 11.4. The number of phosphoric acid groups is 2. The molecule has 19 heteroatoms. The Bertz CT molecular complexity index is 2420. The van der Waals surface area contributed by atoms with Crippen molar-refractivity contribution in [1.29, 1.82) is 0 Å². The fraction of sp³-hybridized carbons (Fsp3) is 0.679. The van der Waals surface area contributed by atoms with E-state index in [0.29, 0.717) is 32.1 Å². The highest BCUT2D eigenvalue weighted by Gasteiger charge is 2.30. The molecular weight excluding hydrogens is 1310 g/mol. The fourth-order valence-electron chi connectivity index (χ4n) is 9.81. The van der Waals surface area contributed by atoms with Gasteiger partial charge in [-0.25, -0.2) is 9.13 Å². The van der Waals surface area contributed by atoms with Gasteiger partial charge in [-0.05, 0) is 128 Å². The van der Waals surface area contributed by atoms with Crippen molar-refractivity contribution in [2.75, 3.05) is 39.6 Å². The molecule has 3 N–H and O–H groups in total. The van der Waals surface area contributed by atoms with Crippen LogP contribution in [0.3, 0.4) is 0 Å². The highest BCUT2D eigenvalue weighted by atomic mass is 31.2. The lowest BCUT2D eigenvalue weighted by Gasteiger charge is -2.21. The van der Waals surface area contributed by atoms with Gasteiger partial charge in [0.1, 0.15) is 19.3 Å². The average molecular weight is 1440 g/mol. The van der Waals surface area contributed by atoms with Crippen LogP contribution in [0.2, 0.25) is 0 Å². The Hall–Kier alpha value is -4.80. The summed E-state index contributed by atoms with van der Waals surface area (Å²) in [4.78, 5) is 72.8. The van der Waals surface area contributed by atoms with Crippen molar-refractivity contribution in [1.82, 2.24) is 0 Å². The maximum absolute atomic E-state index is 13.1. The van der Waals surface area contributed by atoms with Crippen LogP contribution < -0.4 is 0 Å². The molecule has 0 spiro atoms. The molecule has 17 nitrogen and oxygen atoms in total. The van der Waals surface area contributed by atoms with Crippen molar-refractivity contribution in [2.45, 2.75) is 316 Å². The first kappa shape index (κ1) is 95.2. The Kier molecular flexibility index (Phi) is 69.1. The van der Waals surface area contributed by atoms with E-state index in [1.54, 1.807) is 0 Å². The molecule has 0 aromatic rings. The van der Waals surface area contributed by atoms with E-state index >= 15 is 0 Å². The van der Waals surface area contributed by atoms with E-state index in [1.807, 2.05) is 12.2 Å². The smallest absolute Gasteiger partial charge is 0.462 e. The highest BCUT2D eigenvalue weighted by Crippen LogP contribution is 2.45. The summed E-state index contributed by atoms with van der Waals surface area (Å²) in [5.74, 6) is -2.27. The van der Waals surface area contributed by atoms with Gasteiger partial charge >= 0.3 is 39.5 Å². The molecule has 0 fully saturated rings.